The van der Waals surface area contributed by atoms with Gasteiger partial charge in [-0.25, -0.2) is 15.4 Å². The third kappa shape index (κ3) is 12.7. The number of hydrogen-bond acceptors (Lipinski definition) is 11. The number of nitrogens with zero attached hydrogens (tertiary/aromatic N) is 3. The molecule has 1 unspecified atom stereocenters. The molecule has 1 aromatic carbocycles. The summed E-state index contributed by atoms with van der Waals surface area (Å²) in [7, 11) is 1.62. The summed E-state index contributed by atoms with van der Waals surface area (Å²) in [6.45, 7) is 12.4. The Hall–Kier alpha value is -3.57. The highest BCUT2D eigenvalue weighted by molar-refractivity contribution is 7.59. The van der Waals surface area contributed by atoms with E-state index in [1.165, 1.54) is 14.1 Å². The monoisotopic (exact) mass is 669 g/mol. The number of aromatic nitrogens is 2. The normalized spacial score (nSPS) is 15.0. The van der Waals surface area contributed by atoms with Gasteiger partial charge in [0.2, 0.25) is 11.8 Å². The molecule has 1 saturated heterocycles. The van der Waals surface area contributed by atoms with E-state index in [-0.39, 0.29) is 37.9 Å². The summed E-state index contributed by atoms with van der Waals surface area (Å²) in [6.07, 6.45) is 1.52. The van der Waals surface area contributed by atoms with E-state index in [2.05, 4.69) is 10.6 Å². The quantitative estimate of drug-likeness (QED) is 0.0928. The van der Waals surface area contributed by atoms with E-state index >= 15 is 0 Å². The van der Waals surface area contributed by atoms with Crippen LogP contribution in [0.3, 0.4) is 0 Å². The predicted octanol–water partition coefficient (Wildman–Crippen LogP) is 1.46. The molecule has 15 nitrogen and oxygen atoms in total. The number of ether oxygens (including phenoxy) is 4. The van der Waals surface area contributed by atoms with Gasteiger partial charge in [-0.05, 0) is 39.3 Å². The van der Waals surface area contributed by atoms with Crippen LogP contribution in [0.2, 0.25) is 0 Å². The molecular weight excluding hydrogens is 618 g/mol. The fourth-order valence-corrected chi connectivity index (χ4v) is 4.34. The number of alkyl carbamates (subject to hydrolysis) is 1. The van der Waals surface area contributed by atoms with Gasteiger partial charge < -0.3 is 35.0 Å². The molecule has 46 heavy (non-hydrogen) atoms. The molecule has 1 aliphatic heterocycles. The zero-order valence-electron chi connectivity index (χ0n) is 27.7. The largest absolute Gasteiger partial charge is 0.444 e. The summed E-state index contributed by atoms with van der Waals surface area (Å²) in [5, 5.41) is 6.32. The fourth-order valence-electron chi connectivity index (χ4n) is 4.34. The van der Waals surface area contributed by atoms with Crippen molar-refractivity contribution in [1.82, 2.24) is 24.8 Å². The van der Waals surface area contributed by atoms with E-state index in [9.17, 15) is 19.2 Å². The lowest BCUT2D eigenvalue weighted by atomic mass is 10.1. The summed E-state index contributed by atoms with van der Waals surface area (Å²) >= 11 is 0. The van der Waals surface area contributed by atoms with Gasteiger partial charge >= 0.3 is 11.8 Å². The SMILES string of the molecule is CC.Cn1c(=O)n(C2CCC(=O)NC2=O)c2ccc(/C(N)=C/N(N)CCOCCOCCOCCNC(=O)OC(C)(C)C)cc21.S. The molecule has 3 amide bonds. The zero-order chi connectivity index (χ0) is 33.6. The van der Waals surface area contributed by atoms with Crippen LogP contribution >= 0.6 is 13.5 Å². The highest BCUT2D eigenvalue weighted by Gasteiger charge is 2.31. The van der Waals surface area contributed by atoms with Gasteiger partial charge in [-0.15, -0.1) is 0 Å². The van der Waals surface area contributed by atoms with Crippen molar-refractivity contribution in [3.05, 3.63) is 40.4 Å². The molecule has 1 atom stereocenters. The van der Waals surface area contributed by atoms with Gasteiger partial charge in [0.25, 0.3) is 0 Å². The predicted molar refractivity (Wildman–Crippen MR) is 180 cm³/mol. The molecule has 6 N–H and O–H groups in total. The minimum absolute atomic E-state index is 0. The number of nitrogens with two attached hydrogens (primary N) is 2. The lowest BCUT2D eigenvalue weighted by Gasteiger charge is -2.22. The molecule has 3 rings (SSSR count). The molecule has 1 fully saturated rings. The number of rotatable bonds is 15. The van der Waals surface area contributed by atoms with E-state index in [0.29, 0.717) is 75.0 Å². The van der Waals surface area contributed by atoms with Crippen molar-refractivity contribution < 1.29 is 33.3 Å². The minimum atomic E-state index is -0.759. The van der Waals surface area contributed by atoms with Crippen LogP contribution in [-0.4, -0.2) is 90.4 Å². The van der Waals surface area contributed by atoms with Crippen LogP contribution in [0.4, 0.5) is 4.79 Å². The van der Waals surface area contributed by atoms with Crippen molar-refractivity contribution in [3.63, 3.8) is 0 Å². The molecule has 2 aromatic rings. The number of piperidine rings is 1. The molecule has 1 aliphatic rings. The maximum Gasteiger partial charge on any atom is 0.407 e. The molecule has 2 heterocycles. The number of imidazole rings is 1. The number of amides is 3. The van der Waals surface area contributed by atoms with Crippen LogP contribution in [0.1, 0.15) is 59.1 Å². The highest BCUT2D eigenvalue weighted by Crippen LogP contribution is 2.25. The molecule has 16 heteroatoms. The second-order valence-electron chi connectivity index (χ2n) is 11.0. The Morgan fingerprint density at radius 2 is 1.65 bits per heavy atom. The first-order valence-electron chi connectivity index (χ1n) is 15.1. The number of carbonyl (C=O) groups is 3. The first-order valence-corrected chi connectivity index (χ1v) is 15.1. The average molecular weight is 670 g/mol. The molecule has 260 valence electrons. The molecule has 0 bridgehead atoms. The van der Waals surface area contributed by atoms with Crippen molar-refractivity contribution in [2.24, 2.45) is 18.6 Å². The van der Waals surface area contributed by atoms with Gasteiger partial charge in [0, 0.05) is 31.8 Å². The number of hydrogen-bond donors (Lipinski definition) is 4. The summed E-state index contributed by atoms with van der Waals surface area (Å²) in [5.41, 5.74) is 7.58. The Kier molecular flexibility index (Phi) is 17.4. The standard InChI is InChI=1S/C28H43N7O8.C2H6.H2S/c1-28(2,3)43-26(38)31-9-11-40-13-15-42-16-14-41-12-10-34(30)18-20(29)19-5-6-21-23(17-19)33(4)27(39)35(21)22-7-8-24(36)32-25(22)37;1-2;/h5-6,17-18,22H,7-16,29-30H2,1-4H3,(H,31,38)(H,32,36,37);1-2H3;1H2/b20-18-;;. The van der Waals surface area contributed by atoms with Gasteiger partial charge in [0.05, 0.1) is 62.9 Å². The molecule has 0 spiro atoms. The van der Waals surface area contributed by atoms with E-state index in [0.717, 1.165) is 0 Å². The first-order chi connectivity index (χ1) is 21.4. The number of carbonyl (C=O) groups excluding carboxylic acids is 3. The maximum absolute atomic E-state index is 13.0. The lowest BCUT2D eigenvalue weighted by molar-refractivity contribution is -0.135. The summed E-state index contributed by atoms with van der Waals surface area (Å²) in [6, 6.07) is 4.48. The van der Waals surface area contributed by atoms with E-state index < -0.39 is 23.6 Å². The van der Waals surface area contributed by atoms with Crippen LogP contribution in [0.15, 0.2) is 29.2 Å². The van der Waals surface area contributed by atoms with Gasteiger partial charge in [-0.2, -0.15) is 13.5 Å². The van der Waals surface area contributed by atoms with E-state index in [4.69, 9.17) is 30.5 Å². The van der Waals surface area contributed by atoms with Crippen molar-refractivity contribution in [2.75, 3.05) is 52.7 Å². The number of aryl methyl sites for hydroxylation is 1. The Balaban J connectivity index is 0.00000346. The molecule has 0 saturated carbocycles. The van der Waals surface area contributed by atoms with Crippen molar-refractivity contribution >= 4 is 48.1 Å². The van der Waals surface area contributed by atoms with Gasteiger partial charge in [0.15, 0.2) is 0 Å². The smallest absolute Gasteiger partial charge is 0.407 e. The number of imide groups is 1. The van der Waals surface area contributed by atoms with Crippen LogP contribution in [-0.2, 0) is 35.6 Å². The Bertz CT molecular complexity index is 1370. The lowest BCUT2D eigenvalue weighted by Crippen LogP contribution is -2.44. The average Bonchev–Trinajstić information content (AvgIpc) is 3.22. The summed E-state index contributed by atoms with van der Waals surface area (Å²) in [4.78, 5) is 48.4. The Morgan fingerprint density at radius 1 is 1.04 bits per heavy atom. The fraction of sp³-hybridized carbons (Fsp3) is 0.600. The molecule has 1 aromatic heterocycles. The zero-order valence-corrected chi connectivity index (χ0v) is 28.7. The summed E-state index contributed by atoms with van der Waals surface area (Å²) < 4.78 is 24.4. The topological polar surface area (TPSA) is 194 Å². The van der Waals surface area contributed by atoms with Crippen LogP contribution in [0, 0.1) is 0 Å². The number of fused-ring (bicyclic) bond motifs is 1. The van der Waals surface area contributed by atoms with Crippen molar-refractivity contribution in [2.45, 2.75) is 59.1 Å². The van der Waals surface area contributed by atoms with Crippen molar-refractivity contribution in [3.8, 4) is 0 Å². The van der Waals surface area contributed by atoms with Crippen molar-refractivity contribution in [1.29, 1.82) is 0 Å². The van der Waals surface area contributed by atoms with Crippen LogP contribution < -0.4 is 27.9 Å². The third-order valence-electron chi connectivity index (χ3n) is 6.40. The molecule has 0 radical (unpaired) electrons. The van der Waals surface area contributed by atoms with Gasteiger partial charge in [-0.3, -0.25) is 24.0 Å². The Labute approximate surface area is 276 Å². The number of nitrogens with one attached hydrogen (secondary N) is 2. The van der Waals surface area contributed by atoms with E-state index in [1.807, 2.05) is 13.8 Å². The number of hydrazine groups is 1. The maximum atomic E-state index is 13.0. The van der Waals surface area contributed by atoms with Crippen LogP contribution in [0.5, 0.6) is 0 Å². The van der Waals surface area contributed by atoms with Crippen LogP contribution in [0.25, 0.3) is 16.7 Å². The molecular formula is C30H51N7O8S. The second-order valence-corrected chi connectivity index (χ2v) is 11.0. The third-order valence-corrected chi connectivity index (χ3v) is 6.40. The highest BCUT2D eigenvalue weighted by atomic mass is 32.1. The number of benzene rings is 1. The Morgan fingerprint density at radius 3 is 2.26 bits per heavy atom. The molecule has 0 aliphatic carbocycles. The second kappa shape index (κ2) is 19.8. The minimum Gasteiger partial charge on any atom is -0.444 e. The van der Waals surface area contributed by atoms with Gasteiger partial charge in [0.1, 0.15) is 11.6 Å². The van der Waals surface area contributed by atoms with E-state index in [1.54, 1.807) is 52.2 Å². The summed E-state index contributed by atoms with van der Waals surface area (Å²) in [5.74, 6) is 5.23. The first kappa shape index (κ1) is 40.5. The van der Waals surface area contributed by atoms with Gasteiger partial charge in [-0.1, -0.05) is 19.9 Å².